The van der Waals surface area contributed by atoms with E-state index in [1.165, 1.54) is 63.8 Å². The molecule has 0 saturated carbocycles. The Hall–Kier alpha value is -2.72. The van der Waals surface area contributed by atoms with Gasteiger partial charge in [0, 0.05) is 95.9 Å². The lowest BCUT2D eigenvalue weighted by Gasteiger charge is -2.43. The van der Waals surface area contributed by atoms with Gasteiger partial charge in [0.05, 0.1) is 32.5 Å². The van der Waals surface area contributed by atoms with Crippen molar-refractivity contribution >= 4 is 12.2 Å². The molecule has 0 aliphatic carbocycles. The first kappa shape index (κ1) is 72.8. The summed E-state index contributed by atoms with van der Waals surface area (Å²) in [4.78, 5) is 21.6. The zero-order chi connectivity index (χ0) is 51.8. The lowest BCUT2D eigenvalue weighted by Crippen LogP contribution is -2.65. The number of carbonyl (C=O) groups is 2. The van der Waals surface area contributed by atoms with E-state index in [0.717, 1.165) is 7.11 Å². The molecule has 29 heteroatoms. The molecule has 0 aromatic carbocycles. The van der Waals surface area contributed by atoms with Crippen molar-refractivity contribution in [2.45, 2.75) is 138 Å². The number of carbonyl (C=O) groups excluding carboxylic acids is 2. The summed E-state index contributed by atoms with van der Waals surface area (Å²) in [5.74, 6) is -0.348. The fraction of sp³-hybridized carbons (Fsp3) is 0.950. The van der Waals surface area contributed by atoms with Gasteiger partial charge in [0.2, 0.25) is 5.91 Å². The van der Waals surface area contributed by atoms with E-state index in [4.69, 9.17) is 103 Å². The maximum Gasteiger partial charge on any atom is 0.217 e. The Morgan fingerprint density at radius 3 is 1.33 bits per heavy atom. The number of amides is 1. The molecule has 29 nitrogen and oxygen atoms in total. The average Bonchev–Trinajstić information content (AvgIpc) is 3.64. The minimum Gasteiger partial charge on any atom is -0.400 e. The van der Waals surface area contributed by atoms with Crippen LogP contribution in [0.25, 0.3) is 0 Å². The van der Waals surface area contributed by atoms with Crippen LogP contribution in [-0.2, 0) is 80.6 Å². The van der Waals surface area contributed by atoms with E-state index in [1.807, 2.05) is 0 Å². The second-order valence-corrected chi connectivity index (χ2v) is 14.2. The zero-order valence-electron chi connectivity index (χ0n) is 40.2. The third-order valence-electron chi connectivity index (χ3n) is 10.2. The fourth-order valence-corrected chi connectivity index (χ4v) is 7.17. The number of ether oxygens (including phenoxy) is 15. The SMILES string of the molecule is C.C.CO.COCC1OC(C=O)C(O)C1OC.COCC1OC(OC)C(N)C(O)C1OC.COCC1OC(OC)C(N=[NH2+])C(O)C1OC.COCC1OC(OCO)C(NC(C)=O)C(O)C1OC.N#N. The number of aliphatic hydroxyl groups is 6. The highest BCUT2D eigenvalue weighted by molar-refractivity contribution is 5.73. The van der Waals surface area contributed by atoms with Crippen LogP contribution in [0.1, 0.15) is 21.8 Å². The molecular formula is C40H85N6O23+. The van der Waals surface area contributed by atoms with Crippen molar-refractivity contribution in [3.05, 3.63) is 0 Å². The van der Waals surface area contributed by atoms with Crippen LogP contribution in [0, 0.1) is 10.8 Å². The third kappa shape index (κ3) is 22.3. The van der Waals surface area contributed by atoms with E-state index in [1.54, 1.807) is 14.2 Å². The molecule has 0 aromatic heterocycles. The van der Waals surface area contributed by atoms with Gasteiger partial charge in [-0.3, -0.25) is 4.79 Å². The predicted molar refractivity (Wildman–Crippen MR) is 236 cm³/mol. The Morgan fingerprint density at radius 1 is 0.623 bits per heavy atom. The summed E-state index contributed by atoms with van der Waals surface area (Å²) >= 11 is 0. The van der Waals surface area contributed by atoms with E-state index >= 15 is 0 Å². The second kappa shape index (κ2) is 41.9. The molecule has 4 fully saturated rings. The Labute approximate surface area is 405 Å². The van der Waals surface area contributed by atoms with E-state index in [2.05, 4.69) is 10.4 Å². The van der Waals surface area contributed by atoms with Crippen molar-refractivity contribution in [2.24, 2.45) is 10.8 Å². The molecule has 412 valence electrons. The molecule has 4 heterocycles. The summed E-state index contributed by atoms with van der Waals surface area (Å²) < 4.78 is 77.2. The topological polar surface area (TPSA) is 418 Å². The van der Waals surface area contributed by atoms with Crippen molar-refractivity contribution in [2.75, 3.05) is 111 Å². The molecule has 1 amide bonds. The van der Waals surface area contributed by atoms with Gasteiger partial charge in [-0.15, -0.1) is 0 Å². The van der Waals surface area contributed by atoms with Crippen molar-refractivity contribution in [3.8, 4) is 0 Å². The molecule has 69 heavy (non-hydrogen) atoms. The molecule has 11 N–H and O–H groups in total. The number of rotatable bonds is 19. The van der Waals surface area contributed by atoms with Crippen molar-refractivity contribution in [1.29, 1.82) is 10.8 Å². The Kier molecular flexibility index (Phi) is 44.2. The number of nitrogens with zero attached hydrogens (tertiary/aromatic N) is 3. The normalized spacial score (nSPS) is 35.5. The number of nitrogens with one attached hydrogen (secondary N) is 1. The number of nitrogens with two attached hydrogens (primary N) is 2. The van der Waals surface area contributed by atoms with Gasteiger partial charge in [-0.2, -0.15) is 5.53 Å². The average molecular weight is 1020 g/mol. The lowest BCUT2D eigenvalue weighted by molar-refractivity contribution is -0.302. The number of hydrogen-bond acceptors (Lipinski definition) is 27. The maximum atomic E-state index is 11.1. The molecular weight excluding hydrogens is 932 g/mol. The molecule has 4 aliphatic heterocycles. The van der Waals surface area contributed by atoms with Gasteiger partial charge >= 0.3 is 0 Å². The number of aliphatic hydroxyl groups excluding tert-OH is 6. The smallest absolute Gasteiger partial charge is 0.217 e. The molecule has 4 rings (SSSR count). The Balaban J connectivity index is -0.000000397. The van der Waals surface area contributed by atoms with Crippen LogP contribution in [-0.4, -0.2) is 271 Å². The third-order valence-corrected chi connectivity index (χ3v) is 10.2. The van der Waals surface area contributed by atoms with Gasteiger partial charge in [-0.05, 0) is 5.11 Å². The first-order valence-electron chi connectivity index (χ1n) is 20.4. The molecule has 19 unspecified atom stereocenters. The maximum absolute atomic E-state index is 11.1. The van der Waals surface area contributed by atoms with Crippen LogP contribution in [0.5, 0.6) is 0 Å². The highest BCUT2D eigenvalue weighted by Crippen LogP contribution is 2.27. The number of aldehydes is 1. The lowest BCUT2D eigenvalue weighted by atomic mass is 9.96. The van der Waals surface area contributed by atoms with Crippen molar-refractivity contribution in [3.63, 3.8) is 0 Å². The monoisotopic (exact) mass is 1020 g/mol. The molecule has 19 atom stereocenters. The molecule has 0 spiro atoms. The van der Waals surface area contributed by atoms with Crippen molar-refractivity contribution < 1.29 is 117 Å². The van der Waals surface area contributed by atoms with Gasteiger partial charge in [0.15, 0.2) is 31.2 Å². The largest absolute Gasteiger partial charge is 0.400 e. The summed E-state index contributed by atoms with van der Waals surface area (Å²) in [5.41, 5.74) is 11.0. The number of hydrogen-bond donors (Lipinski definition) is 9. The van der Waals surface area contributed by atoms with E-state index < -0.39 is 111 Å². The standard InChI is InChI=1S/C11H21NO7.C9H18N2O5.C9H19NO5.C8H14O5.CH4O.2CH4.N2/c1-6(14)12-8-9(15)10(17-3)7(4-16-2)19-11(8)18-5-13;1-13-4-5-8(14-2)7(12)6(11-10)9(15-3)16-5;1-12-4-5-8(13-2)7(11)6(10)9(14-3)15-5;1-11-4-6-8(12-2)7(10)5(3-9)13-6;1-2;;;1-2/h7-11,13,15H,4-5H2,1-3H3,(H,12,14);5-10,12H,4H2,1-3H3;5-9,11H,4,10H2,1-3H3;3,5-8,10H,4H2,1-2H3;2H,1H3;2*1H4;/p+1. The molecule has 0 radical (unpaired) electrons. The zero-order valence-corrected chi connectivity index (χ0v) is 40.2. The van der Waals surface area contributed by atoms with E-state index in [9.17, 15) is 30.0 Å². The summed E-state index contributed by atoms with van der Waals surface area (Å²) in [5, 5.41) is 73.5. The summed E-state index contributed by atoms with van der Waals surface area (Å²) in [6, 6.07) is -2.11. The summed E-state index contributed by atoms with van der Waals surface area (Å²) in [7, 11) is 15.9. The van der Waals surface area contributed by atoms with Crippen LogP contribution < -0.4 is 16.6 Å². The van der Waals surface area contributed by atoms with Gasteiger partial charge in [0.1, 0.15) is 92.2 Å². The van der Waals surface area contributed by atoms with Crippen LogP contribution >= 0.6 is 0 Å². The Morgan fingerprint density at radius 2 is 0.986 bits per heavy atom. The van der Waals surface area contributed by atoms with Crippen LogP contribution in [0.2, 0.25) is 0 Å². The molecule has 4 saturated heterocycles. The van der Waals surface area contributed by atoms with Gasteiger partial charge in [0.25, 0.3) is 0 Å². The first-order valence-corrected chi connectivity index (χ1v) is 20.4. The van der Waals surface area contributed by atoms with Crippen LogP contribution in [0.3, 0.4) is 0 Å². The minimum absolute atomic E-state index is 0. The van der Waals surface area contributed by atoms with Crippen molar-refractivity contribution in [1.82, 2.24) is 5.32 Å². The molecule has 4 aliphatic rings. The van der Waals surface area contributed by atoms with Crippen LogP contribution in [0.15, 0.2) is 5.11 Å². The first-order chi connectivity index (χ1) is 32.1. The van der Waals surface area contributed by atoms with Gasteiger partial charge < -0.3 is 118 Å². The van der Waals surface area contributed by atoms with Crippen LogP contribution in [0.4, 0.5) is 0 Å². The van der Waals surface area contributed by atoms with Gasteiger partial charge in [-0.1, -0.05) is 14.9 Å². The Bertz CT molecular complexity index is 1290. The van der Waals surface area contributed by atoms with E-state index in [0.29, 0.717) is 26.1 Å². The molecule has 0 aromatic rings. The highest BCUT2D eigenvalue weighted by atomic mass is 16.7. The second-order valence-electron chi connectivity index (χ2n) is 14.2. The highest BCUT2D eigenvalue weighted by Gasteiger charge is 2.49. The molecule has 0 bridgehead atoms. The minimum atomic E-state index is -1.04. The fourth-order valence-electron chi connectivity index (χ4n) is 7.17. The number of methoxy groups -OCH3 is 10. The summed E-state index contributed by atoms with van der Waals surface area (Å²) in [6.45, 7) is 1.83. The van der Waals surface area contributed by atoms with Gasteiger partial charge in [-0.25, -0.2) is 0 Å². The predicted octanol–water partition coefficient (Wildman–Crippen LogP) is -5.24. The summed E-state index contributed by atoms with van der Waals surface area (Å²) in [6.07, 6.45) is -10.1. The quantitative estimate of drug-likeness (QED) is 0.0253. The van der Waals surface area contributed by atoms with E-state index in [-0.39, 0.29) is 39.6 Å².